The van der Waals surface area contributed by atoms with Crippen LogP contribution in [0.15, 0.2) is 18.2 Å². The van der Waals surface area contributed by atoms with Crippen molar-refractivity contribution in [3.05, 3.63) is 35.2 Å². The van der Waals surface area contributed by atoms with Crippen molar-refractivity contribution in [2.24, 2.45) is 5.73 Å². The van der Waals surface area contributed by atoms with Gasteiger partial charge in [0.1, 0.15) is 0 Å². The number of nitrogens with one attached hydrogen (secondary N) is 1. The summed E-state index contributed by atoms with van der Waals surface area (Å²) in [6, 6.07) is 5.68. The van der Waals surface area contributed by atoms with Gasteiger partial charge in [0.25, 0.3) is 0 Å². The van der Waals surface area contributed by atoms with Gasteiger partial charge in [0.15, 0.2) is 0 Å². The van der Waals surface area contributed by atoms with Gasteiger partial charge in [-0.15, -0.1) is 5.10 Å². The third-order valence-electron chi connectivity index (χ3n) is 2.60. The van der Waals surface area contributed by atoms with Crippen LogP contribution in [0.1, 0.15) is 36.7 Å². The minimum Gasteiger partial charge on any atom is -0.419 e. The van der Waals surface area contributed by atoms with Crippen LogP contribution in [0.4, 0.5) is 0 Å². The largest absolute Gasteiger partial charge is 0.419 e. The van der Waals surface area contributed by atoms with E-state index in [1.807, 2.05) is 25.1 Å². The van der Waals surface area contributed by atoms with E-state index in [-0.39, 0.29) is 0 Å². The summed E-state index contributed by atoms with van der Waals surface area (Å²) in [6.45, 7) is 6.57. The Morgan fingerprint density at radius 3 is 2.61 bits per heavy atom. The molecular formula is C13H18N4O. The Morgan fingerprint density at radius 2 is 2.06 bits per heavy atom. The van der Waals surface area contributed by atoms with Crippen molar-refractivity contribution in [1.82, 2.24) is 15.2 Å². The lowest BCUT2D eigenvalue weighted by Gasteiger charge is -2.09. The molecule has 2 aromatic heterocycles. The average molecular weight is 246 g/mol. The van der Waals surface area contributed by atoms with Gasteiger partial charge < -0.3 is 10.5 Å². The maximum Gasteiger partial charge on any atom is 0.240 e. The van der Waals surface area contributed by atoms with Crippen LogP contribution in [0.2, 0.25) is 0 Å². The first-order chi connectivity index (χ1) is 8.58. The van der Waals surface area contributed by atoms with Gasteiger partial charge in [-0.3, -0.25) is 5.10 Å². The summed E-state index contributed by atoms with van der Waals surface area (Å²) in [4.78, 5) is 4.45. The van der Waals surface area contributed by atoms with Crippen LogP contribution >= 0.6 is 0 Å². The zero-order valence-electron chi connectivity index (χ0n) is 10.9. The number of hydrogen-bond acceptors (Lipinski definition) is 4. The molecule has 0 aliphatic rings. The molecular weight excluding hydrogens is 228 g/mol. The monoisotopic (exact) mass is 246 g/mol. The number of ether oxygens (including phenoxy) is 1. The van der Waals surface area contributed by atoms with Gasteiger partial charge in [-0.1, -0.05) is 13.8 Å². The molecule has 0 saturated heterocycles. The molecule has 0 saturated carbocycles. The maximum atomic E-state index is 5.68. The number of rotatable bonds is 4. The van der Waals surface area contributed by atoms with Crippen molar-refractivity contribution >= 4 is 0 Å². The molecule has 0 aromatic carbocycles. The van der Waals surface area contributed by atoms with E-state index in [1.165, 1.54) is 0 Å². The lowest BCUT2D eigenvalue weighted by molar-refractivity contribution is 0.439. The second kappa shape index (κ2) is 5.18. The quantitative estimate of drug-likeness (QED) is 0.868. The van der Waals surface area contributed by atoms with Gasteiger partial charge in [-0.2, -0.15) is 0 Å². The molecule has 5 nitrogen and oxygen atoms in total. The predicted molar refractivity (Wildman–Crippen MR) is 69.6 cm³/mol. The number of H-pyrrole nitrogens is 1. The molecule has 0 bridgehead atoms. The zero-order valence-corrected chi connectivity index (χ0v) is 10.9. The minimum atomic E-state index is 0.333. The van der Waals surface area contributed by atoms with Gasteiger partial charge in [-0.25, -0.2) is 4.98 Å². The van der Waals surface area contributed by atoms with E-state index in [1.54, 1.807) is 0 Å². The average Bonchev–Trinajstić information content (AvgIpc) is 2.74. The van der Waals surface area contributed by atoms with E-state index in [9.17, 15) is 0 Å². The second-order valence-corrected chi connectivity index (χ2v) is 4.59. The van der Waals surface area contributed by atoms with Crippen LogP contribution in [0.5, 0.6) is 11.8 Å². The van der Waals surface area contributed by atoms with E-state index >= 15 is 0 Å². The molecule has 0 spiro atoms. The standard InChI is InChI=1S/C13H18N4O/c1-8(2)11-5-10(7-14)6-12(15-11)18-13-4-9(3)16-17-13/h4-6,8H,7,14H2,1-3H3,(H,16,17). The van der Waals surface area contributed by atoms with E-state index < -0.39 is 0 Å². The Bertz CT molecular complexity index is 534. The first kappa shape index (κ1) is 12.6. The fraction of sp³-hybridized carbons (Fsp3) is 0.385. The van der Waals surface area contributed by atoms with Crippen molar-refractivity contribution in [2.45, 2.75) is 33.2 Å². The normalized spacial score (nSPS) is 10.9. The zero-order chi connectivity index (χ0) is 13.1. The predicted octanol–water partition coefficient (Wildman–Crippen LogP) is 2.49. The first-order valence-electron chi connectivity index (χ1n) is 5.99. The van der Waals surface area contributed by atoms with Gasteiger partial charge in [-0.05, 0) is 24.5 Å². The van der Waals surface area contributed by atoms with Crippen LogP contribution < -0.4 is 10.5 Å². The molecule has 2 rings (SSSR count). The molecule has 96 valence electrons. The first-order valence-corrected chi connectivity index (χ1v) is 5.99. The summed E-state index contributed by atoms with van der Waals surface area (Å²) < 4.78 is 5.62. The molecule has 2 aromatic rings. The smallest absolute Gasteiger partial charge is 0.240 e. The number of pyridine rings is 1. The molecule has 0 atom stereocenters. The Balaban J connectivity index is 2.29. The highest BCUT2D eigenvalue weighted by atomic mass is 16.5. The highest BCUT2D eigenvalue weighted by Gasteiger charge is 2.08. The molecule has 2 heterocycles. The fourth-order valence-electron chi connectivity index (χ4n) is 1.60. The van der Waals surface area contributed by atoms with Crippen molar-refractivity contribution in [1.29, 1.82) is 0 Å². The minimum absolute atomic E-state index is 0.333. The van der Waals surface area contributed by atoms with Crippen molar-refractivity contribution in [3.63, 3.8) is 0 Å². The van der Waals surface area contributed by atoms with E-state index in [0.29, 0.717) is 24.2 Å². The topological polar surface area (TPSA) is 76.8 Å². The Hall–Kier alpha value is -1.88. The molecule has 5 heteroatoms. The van der Waals surface area contributed by atoms with Crippen molar-refractivity contribution < 1.29 is 4.74 Å². The van der Waals surface area contributed by atoms with E-state index in [2.05, 4.69) is 29.0 Å². The lowest BCUT2D eigenvalue weighted by atomic mass is 10.1. The summed E-state index contributed by atoms with van der Waals surface area (Å²) in [6.07, 6.45) is 0. The molecule has 0 fully saturated rings. The second-order valence-electron chi connectivity index (χ2n) is 4.59. The van der Waals surface area contributed by atoms with Crippen molar-refractivity contribution in [3.8, 4) is 11.8 Å². The lowest BCUT2D eigenvalue weighted by Crippen LogP contribution is -2.02. The van der Waals surface area contributed by atoms with Gasteiger partial charge in [0.05, 0.1) is 0 Å². The number of hydrogen-bond donors (Lipinski definition) is 2. The number of aromatic nitrogens is 3. The highest BCUT2D eigenvalue weighted by Crippen LogP contribution is 2.22. The Labute approximate surface area is 106 Å². The van der Waals surface area contributed by atoms with Crippen molar-refractivity contribution in [2.75, 3.05) is 0 Å². The summed E-state index contributed by atoms with van der Waals surface area (Å²) >= 11 is 0. The molecule has 0 radical (unpaired) electrons. The highest BCUT2D eigenvalue weighted by molar-refractivity contribution is 5.29. The maximum absolute atomic E-state index is 5.68. The number of nitrogens with two attached hydrogens (primary N) is 1. The van der Waals surface area contributed by atoms with Gasteiger partial charge in [0.2, 0.25) is 11.8 Å². The summed E-state index contributed by atoms with van der Waals surface area (Å²) in [5.41, 5.74) is 8.61. The summed E-state index contributed by atoms with van der Waals surface area (Å²) in [5, 5.41) is 6.85. The molecule has 3 N–H and O–H groups in total. The number of nitrogens with zero attached hydrogens (tertiary/aromatic N) is 2. The molecule has 0 amide bonds. The van der Waals surface area contributed by atoms with Crippen LogP contribution in [0.25, 0.3) is 0 Å². The van der Waals surface area contributed by atoms with Crippen LogP contribution in [-0.4, -0.2) is 15.2 Å². The van der Waals surface area contributed by atoms with Crippen LogP contribution in [-0.2, 0) is 6.54 Å². The Kier molecular flexibility index (Phi) is 3.62. The Morgan fingerprint density at radius 1 is 1.28 bits per heavy atom. The number of aryl methyl sites for hydroxylation is 1. The SMILES string of the molecule is Cc1cc(Oc2cc(CN)cc(C(C)C)n2)n[nH]1. The van der Waals surface area contributed by atoms with E-state index in [0.717, 1.165) is 17.0 Å². The van der Waals surface area contributed by atoms with Gasteiger partial charge >= 0.3 is 0 Å². The van der Waals surface area contributed by atoms with Crippen LogP contribution in [0.3, 0.4) is 0 Å². The fourth-order valence-corrected chi connectivity index (χ4v) is 1.60. The molecule has 0 unspecified atom stereocenters. The third-order valence-corrected chi connectivity index (χ3v) is 2.60. The van der Waals surface area contributed by atoms with Crippen LogP contribution in [0, 0.1) is 6.92 Å². The summed E-state index contributed by atoms with van der Waals surface area (Å²) in [7, 11) is 0. The molecule has 18 heavy (non-hydrogen) atoms. The van der Waals surface area contributed by atoms with E-state index in [4.69, 9.17) is 10.5 Å². The summed E-state index contributed by atoms with van der Waals surface area (Å²) in [5.74, 6) is 1.39. The number of aromatic amines is 1. The molecule has 0 aliphatic carbocycles. The van der Waals surface area contributed by atoms with Gasteiger partial charge in [0, 0.05) is 30.1 Å². The molecule has 0 aliphatic heterocycles. The third kappa shape index (κ3) is 2.87.